The number of nitrogens with one attached hydrogen (secondary N) is 3. The topological polar surface area (TPSA) is 107 Å². The van der Waals surface area contributed by atoms with Crippen LogP contribution in [0.25, 0.3) is 11.3 Å². The number of urea groups is 1. The first kappa shape index (κ1) is 23.6. The lowest BCUT2D eigenvalue weighted by molar-refractivity contribution is -0.114. The van der Waals surface area contributed by atoms with Crippen LogP contribution >= 0.6 is 0 Å². The van der Waals surface area contributed by atoms with Gasteiger partial charge in [-0.2, -0.15) is 0 Å². The van der Waals surface area contributed by atoms with Gasteiger partial charge in [0.15, 0.2) is 5.76 Å². The highest BCUT2D eigenvalue weighted by molar-refractivity contribution is 6.00. The van der Waals surface area contributed by atoms with E-state index in [1.165, 1.54) is 6.92 Å². The molecule has 0 radical (unpaired) electrons. The normalized spacial score (nSPS) is 18.9. The number of anilines is 3. The molecule has 2 bridgehead atoms. The molecule has 1 aromatic heterocycles. The summed E-state index contributed by atoms with van der Waals surface area (Å²) < 4.78 is 5.93. The van der Waals surface area contributed by atoms with Gasteiger partial charge in [-0.1, -0.05) is 0 Å². The average molecular weight is 488 g/mol. The van der Waals surface area contributed by atoms with Crippen molar-refractivity contribution < 1.29 is 18.8 Å². The number of carbonyl (C=O) groups excluding carboxylic acids is 3. The van der Waals surface area contributed by atoms with Crippen LogP contribution < -0.4 is 16.0 Å². The average Bonchev–Trinajstić information content (AvgIpc) is 3.17. The molecular weight excluding hydrogens is 458 g/mol. The summed E-state index contributed by atoms with van der Waals surface area (Å²) in [4.78, 5) is 41.0. The van der Waals surface area contributed by atoms with E-state index in [0.29, 0.717) is 28.6 Å². The van der Waals surface area contributed by atoms with Gasteiger partial charge in [-0.15, -0.1) is 0 Å². The highest BCUT2D eigenvalue weighted by atomic mass is 16.4. The third-order valence-electron chi connectivity index (χ3n) is 6.62. The summed E-state index contributed by atoms with van der Waals surface area (Å²) in [6, 6.07) is 17.5. The van der Waals surface area contributed by atoms with Crippen molar-refractivity contribution in [3.05, 3.63) is 66.4 Å². The van der Waals surface area contributed by atoms with E-state index < -0.39 is 0 Å². The lowest BCUT2D eigenvalue weighted by Crippen LogP contribution is -2.41. The molecule has 6 rings (SSSR count). The van der Waals surface area contributed by atoms with Crippen molar-refractivity contribution >= 4 is 34.9 Å². The van der Waals surface area contributed by atoms with Gasteiger partial charge in [-0.05, 0) is 73.5 Å². The Morgan fingerprint density at radius 1 is 0.750 bits per heavy atom. The van der Waals surface area contributed by atoms with Crippen LogP contribution in [0.2, 0.25) is 0 Å². The van der Waals surface area contributed by atoms with E-state index in [4.69, 9.17) is 4.42 Å². The first-order valence-electron chi connectivity index (χ1n) is 12.1. The Morgan fingerprint density at radius 2 is 1.33 bits per heavy atom. The number of amides is 4. The molecule has 3 aliphatic rings. The lowest BCUT2D eigenvalue weighted by atomic mass is 10.1. The molecule has 186 valence electrons. The summed E-state index contributed by atoms with van der Waals surface area (Å²) in [6.45, 7) is 5.21. The molecule has 4 heterocycles. The van der Waals surface area contributed by atoms with E-state index in [2.05, 4.69) is 20.9 Å². The highest BCUT2D eigenvalue weighted by Gasteiger charge is 2.33. The minimum absolute atomic E-state index is 0.0462. The van der Waals surface area contributed by atoms with Crippen LogP contribution in [0.4, 0.5) is 21.9 Å². The minimum atomic E-state index is -0.385. The van der Waals surface area contributed by atoms with E-state index >= 15 is 0 Å². The van der Waals surface area contributed by atoms with Crippen LogP contribution in [0.5, 0.6) is 0 Å². The van der Waals surface area contributed by atoms with Gasteiger partial charge in [-0.25, -0.2) is 4.79 Å². The lowest BCUT2D eigenvalue weighted by Gasteiger charge is -2.30. The molecule has 9 nitrogen and oxygen atoms in total. The maximum atomic E-state index is 13.1. The number of fused-ring (bicyclic) bond motifs is 4. The number of carbonyl (C=O) groups is 3. The van der Waals surface area contributed by atoms with Crippen molar-refractivity contribution in [2.75, 3.05) is 42.1 Å². The second-order valence-electron chi connectivity index (χ2n) is 9.15. The predicted molar refractivity (Wildman–Crippen MR) is 138 cm³/mol. The van der Waals surface area contributed by atoms with E-state index in [1.807, 2.05) is 23.1 Å². The first-order chi connectivity index (χ1) is 17.4. The van der Waals surface area contributed by atoms with Crippen LogP contribution in [0.15, 0.2) is 65.1 Å². The Kier molecular flexibility index (Phi) is 6.73. The van der Waals surface area contributed by atoms with Gasteiger partial charge in [0.05, 0.1) is 0 Å². The second-order valence-corrected chi connectivity index (χ2v) is 9.15. The molecule has 0 saturated carbocycles. The van der Waals surface area contributed by atoms with Crippen molar-refractivity contribution in [1.29, 1.82) is 0 Å². The summed E-state index contributed by atoms with van der Waals surface area (Å²) >= 11 is 0. The van der Waals surface area contributed by atoms with Crippen molar-refractivity contribution in [1.82, 2.24) is 9.80 Å². The molecule has 3 aliphatic heterocycles. The molecule has 3 N–H and O–H groups in total. The number of nitrogens with zero attached hydrogens (tertiary/aromatic N) is 2. The zero-order chi connectivity index (χ0) is 25.1. The Balaban J connectivity index is 1.18. The fraction of sp³-hybridized carbons (Fsp3) is 0.296. The van der Waals surface area contributed by atoms with Gasteiger partial charge in [0.2, 0.25) is 5.91 Å². The zero-order valence-electron chi connectivity index (χ0n) is 20.1. The second kappa shape index (κ2) is 10.2. The smallest absolute Gasteiger partial charge is 0.323 e. The van der Waals surface area contributed by atoms with Gasteiger partial charge >= 0.3 is 6.03 Å². The van der Waals surface area contributed by atoms with Crippen LogP contribution in [-0.2, 0) is 4.79 Å². The van der Waals surface area contributed by atoms with E-state index in [-0.39, 0.29) is 23.9 Å². The molecule has 0 unspecified atom stereocenters. The number of furan rings is 1. The standard InChI is InChI=1S/C27H29N5O4/c1-18(33)28-20-6-8-22(9-7-20)30-27(35)29-21-4-2-19(3-5-21)24-10-11-25(36-24)26(34)32-17-16-31-14-12-23(32)13-15-31/h2-11,23H,12-17H2,1H3,(H,28,33)(H2,29,30,35). The largest absolute Gasteiger partial charge is 0.451 e. The Morgan fingerprint density at radius 3 is 1.94 bits per heavy atom. The van der Waals surface area contributed by atoms with Crippen molar-refractivity contribution in [3.63, 3.8) is 0 Å². The summed E-state index contributed by atoms with van der Waals surface area (Å²) in [6.07, 6.45) is 2.04. The summed E-state index contributed by atoms with van der Waals surface area (Å²) in [7, 11) is 0. The van der Waals surface area contributed by atoms with Crippen molar-refractivity contribution in [3.8, 4) is 11.3 Å². The van der Waals surface area contributed by atoms with E-state index in [9.17, 15) is 14.4 Å². The SMILES string of the molecule is CC(=O)Nc1ccc(NC(=O)Nc2ccc(-c3ccc(C(=O)N4CCN5CCC4CC5)o3)cc2)cc1. The summed E-state index contributed by atoms with van der Waals surface area (Å²) in [5.41, 5.74) is 2.69. The molecule has 3 fully saturated rings. The van der Waals surface area contributed by atoms with Gasteiger partial charge in [0.25, 0.3) is 5.91 Å². The Hall–Kier alpha value is -4.11. The quantitative estimate of drug-likeness (QED) is 0.492. The molecule has 0 atom stereocenters. The monoisotopic (exact) mass is 487 g/mol. The third kappa shape index (κ3) is 5.41. The molecule has 0 spiro atoms. The fourth-order valence-electron chi connectivity index (χ4n) is 4.75. The van der Waals surface area contributed by atoms with Gasteiger partial charge in [-0.3, -0.25) is 9.59 Å². The molecule has 3 saturated heterocycles. The summed E-state index contributed by atoms with van der Waals surface area (Å²) in [5.74, 6) is 0.764. The molecule has 0 aliphatic carbocycles. The third-order valence-corrected chi connectivity index (χ3v) is 6.62. The highest BCUT2D eigenvalue weighted by Crippen LogP contribution is 2.27. The van der Waals surface area contributed by atoms with Crippen LogP contribution in [0, 0.1) is 0 Å². The molecule has 2 aromatic carbocycles. The Bertz CT molecular complexity index is 1240. The van der Waals surface area contributed by atoms with E-state index in [0.717, 1.165) is 44.6 Å². The number of benzene rings is 2. The van der Waals surface area contributed by atoms with Gasteiger partial charge in [0, 0.05) is 61.8 Å². The maximum Gasteiger partial charge on any atom is 0.323 e. The number of rotatable bonds is 5. The predicted octanol–water partition coefficient (Wildman–Crippen LogP) is 4.47. The van der Waals surface area contributed by atoms with Crippen molar-refractivity contribution in [2.24, 2.45) is 0 Å². The molecule has 9 heteroatoms. The molecular formula is C27H29N5O4. The van der Waals surface area contributed by atoms with Crippen LogP contribution in [0.3, 0.4) is 0 Å². The fourth-order valence-corrected chi connectivity index (χ4v) is 4.75. The first-order valence-corrected chi connectivity index (χ1v) is 12.1. The summed E-state index contributed by atoms with van der Waals surface area (Å²) in [5, 5.41) is 8.22. The zero-order valence-corrected chi connectivity index (χ0v) is 20.1. The van der Waals surface area contributed by atoms with Gasteiger partial charge in [0.1, 0.15) is 5.76 Å². The van der Waals surface area contributed by atoms with Crippen LogP contribution in [-0.4, -0.2) is 59.9 Å². The maximum absolute atomic E-state index is 13.1. The van der Waals surface area contributed by atoms with Crippen molar-refractivity contribution in [2.45, 2.75) is 25.8 Å². The molecule has 3 aromatic rings. The number of hydrogen-bond donors (Lipinski definition) is 3. The van der Waals surface area contributed by atoms with E-state index in [1.54, 1.807) is 42.5 Å². The molecule has 4 amide bonds. The number of hydrogen-bond acceptors (Lipinski definition) is 5. The Labute approximate surface area is 209 Å². The number of piperidine rings is 1. The van der Waals surface area contributed by atoms with Crippen LogP contribution in [0.1, 0.15) is 30.3 Å². The minimum Gasteiger partial charge on any atom is -0.451 e. The van der Waals surface area contributed by atoms with Gasteiger partial charge < -0.3 is 30.2 Å². The molecule has 36 heavy (non-hydrogen) atoms.